The molecule has 0 fully saturated rings. The van der Waals surface area contributed by atoms with E-state index < -0.39 is 17.6 Å². The number of carbonyl (C=O) groups excluding carboxylic acids is 1. The van der Waals surface area contributed by atoms with E-state index in [0.717, 1.165) is 18.6 Å². The fourth-order valence-corrected chi connectivity index (χ4v) is 2.94. The largest absolute Gasteiger partial charge is 0.492 e. The molecule has 0 aliphatic rings. The van der Waals surface area contributed by atoms with Crippen molar-refractivity contribution in [3.63, 3.8) is 0 Å². The Morgan fingerprint density at radius 2 is 1.71 bits per heavy atom. The number of carbonyl (C=O) groups is 1. The van der Waals surface area contributed by atoms with Crippen LogP contribution in [0.25, 0.3) is 11.1 Å². The first kappa shape index (κ1) is 22.2. The highest BCUT2D eigenvalue weighted by Gasteiger charge is 2.19. The Morgan fingerprint density at radius 1 is 1.03 bits per heavy atom. The normalized spacial score (nSPS) is 10.6. The van der Waals surface area contributed by atoms with Crippen molar-refractivity contribution >= 4 is 17.3 Å². The molecule has 4 N–H and O–H groups in total. The van der Waals surface area contributed by atoms with Crippen LogP contribution in [-0.4, -0.2) is 19.7 Å². The Kier molecular flexibility index (Phi) is 7.17. The quantitative estimate of drug-likeness (QED) is 0.313. The minimum Gasteiger partial charge on any atom is -0.492 e. The Balaban J connectivity index is 1.84. The second-order valence-corrected chi connectivity index (χ2v) is 6.71. The molecule has 6 nitrogen and oxygen atoms in total. The van der Waals surface area contributed by atoms with Crippen LogP contribution in [-0.2, 0) is 4.84 Å². The minimum absolute atomic E-state index is 0.145. The lowest BCUT2D eigenvalue weighted by atomic mass is 10.0. The highest BCUT2D eigenvalue weighted by molar-refractivity contribution is 5.94. The van der Waals surface area contributed by atoms with Crippen LogP contribution >= 0.6 is 0 Å². The van der Waals surface area contributed by atoms with Gasteiger partial charge in [-0.05, 0) is 30.2 Å². The molecule has 3 aromatic carbocycles. The smallest absolute Gasteiger partial charge is 0.347 e. The minimum atomic E-state index is -0.856. The molecule has 0 aliphatic heterocycles. The highest BCUT2D eigenvalue weighted by Crippen LogP contribution is 2.31. The molecule has 162 valence electrons. The van der Waals surface area contributed by atoms with Crippen LogP contribution in [0.5, 0.6) is 11.5 Å². The number of hydrogen-bond acceptors (Lipinski definition) is 5. The topological polar surface area (TPSA) is 84.4 Å². The van der Waals surface area contributed by atoms with E-state index >= 15 is 0 Å². The molecular weight excluding hydrogens is 406 g/mol. The molecule has 0 heterocycles. The second kappa shape index (κ2) is 10.0. The highest BCUT2D eigenvalue weighted by atomic mass is 19.1. The Hall–Kier alpha value is -3.49. The van der Waals surface area contributed by atoms with Gasteiger partial charge in [-0.15, -0.1) is 0 Å². The van der Waals surface area contributed by atoms with Crippen molar-refractivity contribution in [1.29, 1.82) is 0 Å². The van der Waals surface area contributed by atoms with E-state index in [4.69, 9.17) is 14.3 Å². The molecular formula is C23H23F2N2O4+. The maximum Gasteiger partial charge on any atom is 0.347 e. The third-order valence-electron chi connectivity index (χ3n) is 4.35. The molecule has 3 rings (SSSR count). The van der Waals surface area contributed by atoms with Gasteiger partial charge in [0.2, 0.25) is 0 Å². The van der Waals surface area contributed by atoms with Crippen LogP contribution < -0.4 is 20.7 Å². The second-order valence-electron chi connectivity index (χ2n) is 6.71. The van der Waals surface area contributed by atoms with E-state index in [2.05, 4.69) is 11.2 Å². The lowest BCUT2D eigenvalue weighted by molar-refractivity contribution is -0.254. The number of rotatable bonds is 8. The monoisotopic (exact) mass is 429 g/mol. The molecule has 0 atom stereocenters. The summed E-state index contributed by atoms with van der Waals surface area (Å²) in [6, 6.07) is 13.0. The lowest BCUT2D eigenvalue weighted by Crippen LogP contribution is -2.40. The summed E-state index contributed by atoms with van der Waals surface area (Å²) in [5, 5.41) is 0. The summed E-state index contributed by atoms with van der Waals surface area (Å²) in [5.74, 6) is -2.44. The Morgan fingerprint density at radius 3 is 2.32 bits per heavy atom. The zero-order valence-corrected chi connectivity index (χ0v) is 17.2. The summed E-state index contributed by atoms with van der Waals surface area (Å²) in [4.78, 5) is 17.4. The molecule has 0 aliphatic carbocycles. The number of anilines is 1. The third kappa shape index (κ3) is 5.36. The zero-order valence-electron chi connectivity index (χ0n) is 17.2. The van der Waals surface area contributed by atoms with Gasteiger partial charge in [0.25, 0.3) is 0 Å². The summed E-state index contributed by atoms with van der Waals surface area (Å²) in [6.45, 7) is 2.33. The van der Waals surface area contributed by atoms with Crippen LogP contribution in [0.1, 0.15) is 23.7 Å². The average molecular weight is 429 g/mol. The third-order valence-corrected chi connectivity index (χ3v) is 4.35. The maximum absolute atomic E-state index is 14.7. The number of benzene rings is 3. The van der Waals surface area contributed by atoms with E-state index in [1.807, 2.05) is 6.92 Å². The Bertz CT molecular complexity index is 1050. The summed E-state index contributed by atoms with van der Waals surface area (Å²) in [6.07, 6.45) is 0.746. The zero-order chi connectivity index (χ0) is 22.4. The van der Waals surface area contributed by atoms with Gasteiger partial charge in [0.15, 0.2) is 0 Å². The van der Waals surface area contributed by atoms with Crippen molar-refractivity contribution in [2.45, 2.75) is 13.3 Å². The SMILES string of the molecule is CCCOc1cc([NH3+])ccc1C(=O)Oc1cc(F)c(-c2ccc(NOC)cc2)c(F)c1. The van der Waals surface area contributed by atoms with Crippen LogP contribution in [0.2, 0.25) is 0 Å². The van der Waals surface area contributed by atoms with Crippen LogP contribution in [0.4, 0.5) is 20.2 Å². The van der Waals surface area contributed by atoms with E-state index in [1.54, 1.807) is 36.4 Å². The van der Waals surface area contributed by atoms with Crippen molar-refractivity contribution in [2.75, 3.05) is 19.2 Å². The summed E-state index contributed by atoms with van der Waals surface area (Å²) >= 11 is 0. The first-order chi connectivity index (χ1) is 14.9. The van der Waals surface area contributed by atoms with Gasteiger partial charge in [-0.2, -0.15) is 0 Å². The van der Waals surface area contributed by atoms with Crippen LogP contribution in [0.3, 0.4) is 0 Å². The van der Waals surface area contributed by atoms with E-state index in [1.165, 1.54) is 13.2 Å². The van der Waals surface area contributed by atoms with Gasteiger partial charge in [0.05, 0.1) is 25.0 Å². The lowest BCUT2D eigenvalue weighted by Gasteiger charge is -2.12. The van der Waals surface area contributed by atoms with Gasteiger partial charge in [-0.1, -0.05) is 19.1 Å². The van der Waals surface area contributed by atoms with Gasteiger partial charge in [-0.3, -0.25) is 10.3 Å². The van der Waals surface area contributed by atoms with E-state index in [0.29, 0.717) is 29.3 Å². The number of quaternary nitrogens is 1. The van der Waals surface area contributed by atoms with Crippen LogP contribution in [0.15, 0.2) is 54.6 Å². The molecule has 0 saturated carbocycles. The number of ether oxygens (including phenoxy) is 2. The number of nitrogens with one attached hydrogen (secondary N) is 1. The average Bonchev–Trinajstić information content (AvgIpc) is 2.73. The molecule has 8 heteroatoms. The van der Waals surface area contributed by atoms with Crippen molar-refractivity contribution in [3.05, 3.63) is 71.8 Å². The van der Waals surface area contributed by atoms with Crippen molar-refractivity contribution in [1.82, 2.24) is 0 Å². The molecule has 31 heavy (non-hydrogen) atoms. The predicted octanol–water partition coefficient (Wildman–Crippen LogP) is 4.49. The molecule has 0 aromatic heterocycles. The van der Waals surface area contributed by atoms with Crippen molar-refractivity contribution in [3.8, 4) is 22.6 Å². The maximum atomic E-state index is 14.7. The van der Waals surface area contributed by atoms with E-state index in [-0.39, 0.29) is 16.9 Å². The standard InChI is InChI=1S/C23H22F2N2O4/c1-3-10-30-21-11-15(26)6-9-18(21)23(28)31-17-12-19(24)22(20(25)13-17)14-4-7-16(8-5-14)27-29-2/h4-9,11-13,27H,3,10,26H2,1-2H3/p+1. The molecule has 3 aromatic rings. The molecule has 0 spiro atoms. The van der Waals surface area contributed by atoms with Gasteiger partial charge in [0, 0.05) is 24.3 Å². The fraction of sp³-hybridized carbons (Fsp3) is 0.174. The fourth-order valence-electron chi connectivity index (χ4n) is 2.94. The summed E-state index contributed by atoms with van der Waals surface area (Å²) in [5.41, 5.74) is 7.98. The Labute approximate surface area is 178 Å². The van der Waals surface area contributed by atoms with Gasteiger partial charge in [-0.25, -0.2) is 13.6 Å². The van der Waals surface area contributed by atoms with E-state index in [9.17, 15) is 13.6 Å². The summed E-state index contributed by atoms with van der Waals surface area (Å²) < 4.78 is 40.2. The number of halogens is 2. The van der Waals surface area contributed by atoms with Crippen molar-refractivity contribution < 1.29 is 33.6 Å². The number of hydrogen-bond donors (Lipinski definition) is 2. The molecule has 0 amide bonds. The number of esters is 1. The van der Waals surface area contributed by atoms with Gasteiger partial charge >= 0.3 is 5.97 Å². The first-order valence-corrected chi connectivity index (χ1v) is 9.62. The summed E-state index contributed by atoms with van der Waals surface area (Å²) in [7, 11) is 1.46. The van der Waals surface area contributed by atoms with Gasteiger partial charge in [0.1, 0.15) is 34.4 Å². The molecule has 0 saturated heterocycles. The molecule has 0 radical (unpaired) electrons. The van der Waals surface area contributed by atoms with Gasteiger partial charge < -0.3 is 15.2 Å². The predicted molar refractivity (Wildman–Crippen MR) is 112 cm³/mol. The van der Waals surface area contributed by atoms with Crippen LogP contribution in [0, 0.1) is 11.6 Å². The molecule has 0 bridgehead atoms. The first-order valence-electron chi connectivity index (χ1n) is 9.62. The van der Waals surface area contributed by atoms with Crippen molar-refractivity contribution in [2.24, 2.45) is 0 Å². The molecule has 0 unspecified atom stereocenters.